The Morgan fingerprint density at radius 3 is 1.90 bits per heavy atom. The first-order valence-corrected chi connectivity index (χ1v) is 6.95. The molecule has 106 valence electrons. The number of aryl methyl sites for hydroxylation is 1. The highest BCUT2D eigenvalue weighted by molar-refractivity contribution is 7.99. The molecule has 0 aromatic heterocycles. The summed E-state index contributed by atoms with van der Waals surface area (Å²) >= 11 is -0.0427. The predicted octanol–water partition coefficient (Wildman–Crippen LogP) is 5.54. The zero-order valence-corrected chi connectivity index (χ0v) is 11.6. The molecule has 2 rings (SSSR count). The Morgan fingerprint density at radius 2 is 1.40 bits per heavy atom. The van der Waals surface area contributed by atoms with Gasteiger partial charge in [-0.25, -0.2) is 0 Å². The number of hydrogen-bond donors (Lipinski definition) is 0. The number of alkyl halides is 3. The maximum absolute atomic E-state index is 12.1. The van der Waals surface area contributed by atoms with Crippen LogP contribution in [-0.2, 0) is 5.75 Å². The standard InChI is InChI=1S/C15H13F3OS/c1-11-2-6-13(7-3-11)19-14-8-4-12(5-9-14)10-20-15(16,17)18/h2-9H,10H2,1H3. The first-order chi connectivity index (χ1) is 9.42. The second kappa shape index (κ2) is 6.22. The summed E-state index contributed by atoms with van der Waals surface area (Å²) < 4.78 is 41.8. The fourth-order valence-electron chi connectivity index (χ4n) is 1.56. The first kappa shape index (κ1) is 14.8. The molecule has 0 amide bonds. The number of thioether (sulfide) groups is 1. The predicted molar refractivity (Wildman–Crippen MR) is 75.0 cm³/mol. The molecule has 0 saturated carbocycles. The molecule has 0 spiro atoms. The lowest BCUT2D eigenvalue weighted by Crippen LogP contribution is -2.00. The molecular formula is C15H13F3OS. The van der Waals surface area contributed by atoms with E-state index in [4.69, 9.17) is 4.74 Å². The van der Waals surface area contributed by atoms with Gasteiger partial charge in [0.25, 0.3) is 0 Å². The van der Waals surface area contributed by atoms with Crippen LogP contribution in [0.5, 0.6) is 11.5 Å². The Hall–Kier alpha value is -1.62. The van der Waals surface area contributed by atoms with E-state index in [9.17, 15) is 13.2 Å². The number of benzene rings is 2. The summed E-state index contributed by atoms with van der Waals surface area (Å²) in [6, 6.07) is 14.2. The van der Waals surface area contributed by atoms with E-state index in [-0.39, 0.29) is 17.5 Å². The van der Waals surface area contributed by atoms with Gasteiger partial charge in [0.05, 0.1) is 0 Å². The van der Waals surface area contributed by atoms with Crippen LogP contribution in [0.4, 0.5) is 13.2 Å². The van der Waals surface area contributed by atoms with Gasteiger partial charge in [0.1, 0.15) is 11.5 Å². The van der Waals surface area contributed by atoms with Gasteiger partial charge in [-0.1, -0.05) is 29.8 Å². The van der Waals surface area contributed by atoms with E-state index in [0.29, 0.717) is 17.1 Å². The maximum atomic E-state index is 12.1. The maximum Gasteiger partial charge on any atom is 0.442 e. The fourth-order valence-corrected chi connectivity index (χ4v) is 2.08. The molecule has 2 aromatic carbocycles. The first-order valence-electron chi connectivity index (χ1n) is 5.96. The topological polar surface area (TPSA) is 9.23 Å². The van der Waals surface area contributed by atoms with E-state index >= 15 is 0 Å². The fraction of sp³-hybridized carbons (Fsp3) is 0.200. The van der Waals surface area contributed by atoms with Gasteiger partial charge in [-0.3, -0.25) is 0 Å². The van der Waals surface area contributed by atoms with Crippen molar-refractivity contribution in [3.05, 3.63) is 59.7 Å². The third-order valence-corrected chi connectivity index (χ3v) is 3.39. The van der Waals surface area contributed by atoms with Crippen LogP contribution in [0, 0.1) is 6.92 Å². The van der Waals surface area contributed by atoms with Crippen LogP contribution in [-0.4, -0.2) is 5.51 Å². The van der Waals surface area contributed by atoms with Crippen molar-refractivity contribution in [1.82, 2.24) is 0 Å². The van der Waals surface area contributed by atoms with Crippen LogP contribution in [0.3, 0.4) is 0 Å². The number of halogens is 3. The van der Waals surface area contributed by atoms with E-state index in [1.807, 2.05) is 31.2 Å². The van der Waals surface area contributed by atoms with Crippen molar-refractivity contribution in [2.45, 2.75) is 18.2 Å². The van der Waals surface area contributed by atoms with Crippen molar-refractivity contribution in [3.8, 4) is 11.5 Å². The molecular weight excluding hydrogens is 285 g/mol. The van der Waals surface area contributed by atoms with E-state index in [0.717, 1.165) is 5.56 Å². The zero-order valence-electron chi connectivity index (χ0n) is 10.8. The van der Waals surface area contributed by atoms with E-state index < -0.39 is 5.51 Å². The largest absolute Gasteiger partial charge is 0.457 e. The number of ether oxygens (including phenoxy) is 1. The van der Waals surface area contributed by atoms with E-state index in [1.165, 1.54) is 0 Å². The molecule has 0 aliphatic rings. The smallest absolute Gasteiger partial charge is 0.442 e. The van der Waals surface area contributed by atoms with Crippen molar-refractivity contribution in [2.24, 2.45) is 0 Å². The molecule has 0 aliphatic carbocycles. The molecule has 0 fully saturated rings. The quantitative estimate of drug-likeness (QED) is 0.733. The normalized spacial score (nSPS) is 11.4. The molecule has 20 heavy (non-hydrogen) atoms. The molecule has 0 aliphatic heterocycles. The molecule has 2 aromatic rings. The minimum atomic E-state index is -4.20. The van der Waals surface area contributed by atoms with Crippen LogP contribution in [0.25, 0.3) is 0 Å². The summed E-state index contributed by atoms with van der Waals surface area (Å²) in [6.07, 6.45) is 0. The van der Waals surface area contributed by atoms with Gasteiger partial charge in [-0.15, -0.1) is 0 Å². The number of hydrogen-bond acceptors (Lipinski definition) is 2. The Bertz CT molecular complexity index is 547. The molecule has 1 nitrogen and oxygen atoms in total. The average molecular weight is 298 g/mol. The number of rotatable bonds is 4. The van der Waals surface area contributed by atoms with Crippen LogP contribution >= 0.6 is 11.8 Å². The van der Waals surface area contributed by atoms with E-state index in [1.54, 1.807) is 24.3 Å². The van der Waals surface area contributed by atoms with Gasteiger partial charge in [0.15, 0.2) is 0 Å². The molecule has 0 saturated heterocycles. The highest BCUT2D eigenvalue weighted by Crippen LogP contribution is 2.33. The summed E-state index contributed by atoms with van der Waals surface area (Å²) in [5, 5.41) is 0. The van der Waals surface area contributed by atoms with Crippen LogP contribution in [0.15, 0.2) is 48.5 Å². The summed E-state index contributed by atoms with van der Waals surface area (Å²) in [7, 11) is 0. The Balaban J connectivity index is 1.96. The van der Waals surface area contributed by atoms with Crippen molar-refractivity contribution in [2.75, 3.05) is 0 Å². The van der Waals surface area contributed by atoms with Crippen molar-refractivity contribution in [1.29, 1.82) is 0 Å². The lowest BCUT2D eigenvalue weighted by molar-refractivity contribution is -0.0329. The SMILES string of the molecule is Cc1ccc(Oc2ccc(CSC(F)(F)F)cc2)cc1. The summed E-state index contributed by atoms with van der Waals surface area (Å²) in [5.74, 6) is 1.22. The molecule has 5 heteroatoms. The van der Waals surface area contributed by atoms with Gasteiger partial charge >= 0.3 is 5.51 Å². The van der Waals surface area contributed by atoms with Crippen molar-refractivity contribution >= 4 is 11.8 Å². The molecule has 0 atom stereocenters. The lowest BCUT2D eigenvalue weighted by Gasteiger charge is -2.08. The average Bonchev–Trinajstić information content (AvgIpc) is 2.40. The van der Waals surface area contributed by atoms with E-state index in [2.05, 4.69) is 0 Å². The van der Waals surface area contributed by atoms with Gasteiger partial charge in [-0.2, -0.15) is 13.2 Å². The van der Waals surface area contributed by atoms with Crippen LogP contribution in [0.1, 0.15) is 11.1 Å². The summed E-state index contributed by atoms with van der Waals surface area (Å²) in [4.78, 5) is 0. The lowest BCUT2D eigenvalue weighted by atomic mass is 10.2. The van der Waals surface area contributed by atoms with Crippen LogP contribution in [0.2, 0.25) is 0 Å². The minimum absolute atomic E-state index is 0.0427. The Morgan fingerprint density at radius 1 is 0.900 bits per heavy atom. The monoisotopic (exact) mass is 298 g/mol. The second-order valence-electron chi connectivity index (χ2n) is 4.29. The third-order valence-electron chi connectivity index (χ3n) is 2.58. The van der Waals surface area contributed by atoms with Crippen molar-refractivity contribution in [3.63, 3.8) is 0 Å². The molecule has 0 N–H and O–H groups in total. The zero-order chi connectivity index (χ0) is 14.6. The molecule has 0 heterocycles. The van der Waals surface area contributed by atoms with Gasteiger partial charge in [0, 0.05) is 5.75 Å². The Labute approximate surface area is 119 Å². The third kappa shape index (κ3) is 4.81. The molecule has 0 unspecified atom stereocenters. The van der Waals surface area contributed by atoms with Crippen molar-refractivity contribution < 1.29 is 17.9 Å². The molecule has 0 bridgehead atoms. The minimum Gasteiger partial charge on any atom is -0.457 e. The van der Waals surface area contributed by atoms with Gasteiger partial charge in [0.2, 0.25) is 0 Å². The van der Waals surface area contributed by atoms with Gasteiger partial charge < -0.3 is 4.74 Å². The highest BCUT2D eigenvalue weighted by atomic mass is 32.2. The van der Waals surface area contributed by atoms with Gasteiger partial charge in [-0.05, 0) is 48.5 Å². The summed E-state index contributed by atoms with van der Waals surface area (Å²) in [5.41, 5.74) is -2.45. The Kier molecular flexibility index (Phi) is 4.60. The van der Waals surface area contributed by atoms with Crippen LogP contribution < -0.4 is 4.74 Å². The second-order valence-corrected chi connectivity index (χ2v) is 5.33. The highest BCUT2D eigenvalue weighted by Gasteiger charge is 2.27. The molecule has 0 radical (unpaired) electrons. The summed E-state index contributed by atoms with van der Waals surface area (Å²) in [6.45, 7) is 1.98.